The molecule has 1 aromatic heterocycles. The van der Waals surface area contributed by atoms with Gasteiger partial charge < -0.3 is 5.32 Å². The van der Waals surface area contributed by atoms with Gasteiger partial charge in [0, 0.05) is 37.2 Å². The minimum atomic E-state index is -4.96. The Balaban J connectivity index is 1.84. The Kier molecular flexibility index (Phi) is 8.36. The minimum Gasteiger partial charge on any atom is -0.359 e. The third kappa shape index (κ3) is 6.17. The van der Waals surface area contributed by atoms with E-state index >= 15 is 0 Å². The fourth-order valence-electron chi connectivity index (χ4n) is 3.46. The van der Waals surface area contributed by atoms with Gasteiger partial charge in [0.25, 0.3) is 5.56 Å². The fourth-order valence-corrected chi connectivity index (χ4v) is 5.99. The monoisotopic (exact) mass is 567 g/mol. The summed E-state index contributed by atoms with van der Waals surface area (Å²) in [5.74, 6) is -0.733. The molecule has 1 aliphatic carbocycles. The molecule has 14 heteroatoms. The van der Waals surface area contributed by atoms with Crippen molar-refractivity contribution in [1.29, 1.82) is 0 Å². The van der Waals surface area contributed by atoms with Crippen LogP contribution >= 0.6 is 35.1 Å². The Morgan fingerprint density at radius 3 is 2.42 bits per heavy atom. The molecule has 1 aliphatic rings. The molecule has 7 nitrogen and oxygen atoms in total. The number of nitrogens with zero attached hydrogens (tertiary/aromatic N) is 2. The summed E-state index contributed by atoms with van der Waals surface area (Å²) in [5, 5.41) is 1.59. The Hall–Kier alpha value is -2.25. The second-order valence-corrected chi connectivity index (χ2v) is 11.3. The van der Waals surface area contributed by atoms with Crippen molar-refractivity contribution in [1.82, 2.24) is 14.5 Å². The average molecular weight is 568 g/mol. The SMILES string of the molecule is CNC(=O)CC1(CSC(=O)C(C)Sc2cc(-n3c(=O)cc(C(F)(F)F)n(C)c3=O)c(F)cc2Cl)CC1. The quantitative estimate of drug-likeness (QED) is 0.383. The van der Waals surface area contributed by atoms with Gasteiger partial charge in [-0.15, -0.1) is 11.8 Å². The first kappa shape index (κ1) is 28.3. The molecule has 0 spiro atoms. The Morgan fingerprint density at radius 1 is 1.22 bits per heavy atom. The molecule has 1 saturated carbocycles. The van der Waals surface area contributed by atoms with Crippen LogP contribution in [0.25, 0.3) is 5.69 Å². The number of carbonyl (C=O) groups is 2. The normalized spacial score (nSPS) is 15.4. The molecule has 1 atom stereocenters. The fraction of sp³-hybridized carbons (Fsp3) is 0.455. The van der Waals surface area contributed by atoms with Gasteiger partial charge in [0.05, 0.1) is 16.0 Å². The Morgan fingerprint density at radius 2 is 1.86 bits per heavy atom. The zero-order valence-electron chi connectivity index (χ0n) is 19.4. The van der Waals surface area contributed by atoms with Gasteiger partial charge in [-0.1, -0.05) is 23.4 Å². The van der Waals surface area contributed by atoms with E-state index in [4.69, 9.17) is 11.6 Å². The van der Waals surface area contributed by atoms with E-state index in [2.05, 4.69) is 5.32 Å². The average Bonchev–Trinajstić information content (AvgIpc) is 3.55. The lowest BCUT2D eigenvalue weighted by atomic mass is 10.1. The van der Waals surface area contributed by atoms with Crippen LogP contribution in [0.1, 0.15) is 31.9 Å². The van der Waals surface area contributed by atoms with Gasteiger partial charge >= 0.3 is 11.9 Å². The first-order valence-electron chi connectivity index (χ1n) is 10.6. The van der Waals surface area contributed by atoms with Crippen LogP contribution in [0.5, 0.6) is 0 Å². The van der Waals surface area contributed by atoms with Crippen LogP contribution < -0.4 is 16.6 Å². The standard InChI is InChI=1S/C22H22ClF4N3O4S2/c1-11(19(33)35-10-21(4-5-21)9-17(31)28-2)36-15-7-14(13(24)6-12(15)23)30-18(32)8-16(22(25,26)27)29(3)20(30)34/h6-8,11H,4-5,9-10H2,1-3H3,(H,28,31). The number of hydrogen-bond donors (Lipinski definition) is 1. The second-order valence-electron chi connectivity index (χ2n) is 8.49. The molecule has 1 heterocycles. The van der Waals surface area contributed by atoms with Crippen molar-refractivity contribution in [3.8, 4) is 5.69 Å². The highest BCUT2D eigenvalue weighted by molar-refractivity contribution is 8.16. The highest BCUT2D eigenvalue weighted by Gasteiger charge is 2.44. The molecular formula is C22H22ClF4N3O4S2. The van der Waals surface area contributed by atoms with Crippen LogP contribution in [-0.2, 0) is 22.8 Å². The Bertz CT molecular complexity index is 1320. The molecule has 1 N–H and O–H groups in total. The van der Waals surface area contributed by atoms with E-state index in [1.807, 2.05) is 0 Å². The predicted molar refractivity (Wildman–Crippen MR) is 130 cm³/mol. The third-order valence-electron chi connectivity index (χ3n) is 5.78. The van der Waals surface area contributed by atoms with Crippen molar-refractivity contribution < 1.29 is 27.2 Å². The van der Waals surface area contributed by atoms with Crippen LogP contribution in [0, 0.1) is 11.2 Å². The topological polar surface area (TPSA) is 90.2 Å². The molecule has 3 rings (SSSR count). The van der Waals surface area contributed by atoms with Gasteiger partial charge in [-0.2, -0.15) is 13.2 Å². The van der Waals surface area contributed by atoms with E-state index in [9.17, 15) is 36.7 Å². The van der Waals surface area contributed by atoms with Crippen molar-refractivity contribution in [2.75, 3.05) is 12.8 Å². The van der Waals surface area contributed by atoms with Crippen LogP contribution in [0.2, 0.25) is 5.02 Å². The molecule has 0 radical (unpaired) electrons. The lowest BCUT2D eigenvalue weighted by Crippen LogP contribution is -2.41. The summed E-state index contributed by atoms with van der Waals surface area (Å²) >= 11 is 8.15. The van der Waals surface area contributed by atoms with Crippen LogP contribution in [-0.4, -0.2) is 38.2 Å². The molecule has 1 aromatic carbocycles. The van der Waals surface area contributed by atoms with Crippen molar-refractivity contribution in [2.45, 2.75) is 42.5 Å². The summed E-state index contributed by atoms with van der Waals surface area (Å²) < 4.78 is 54.6. The molecule has 0 aliphatic heterocycles. The first-order valence-corrected chi connectivity index (χ1v) is 12.9. The number of halogens is 5. The van der Waals surface area contributed by atoms with Crippen molar-refractivity contribution >= 4 is 46.1 Å². The van der Waals surface area contributed by atoms with Gasteiger partial charge in [0.2, 0.25) is 11.0 Å². The van der Waals surface area contributed by atoms with Gasteiger partial charge in [0.1, 0.15) is 11.5 Å². The molecule has 0 saturated heterocycles. The van der Waals surface area contributed by atoms with Crippen molar-refractivity contribution in [3.05, 3.63) is 55.6 Å². The number of aromatic nitrogens is 2. The minimum absolute atomic E-state index is 0.0963. The molecule has 2 aromatic rings. The number of carbonyl (C=O) groups excluding carboxylic acids is 2. The van der Waals surface area contributed by atoms with E-state index in [0.29, 0.717) is 12.2 Å². The molecule has 36 heavy (non-hydrogen) atoms. The first-order chi connectivity index (χ1) is 16.7. The number of thioether (sulfide) groups is 2. The van der Waals surface area contributed by atoms with E-state index < -0.39 is 39.9 Å². The summed E-state index contributed by atoms with van der Waals surface area (Å²) in [6.07, 6.45) is -2.95. The van der Waals surface area contributed by atoms with E-state index in [1.165, 1.54) is 0 Å². The number of amides is 1. The van der Waals surface area contributed by atoms with Crippen molar-refractivity contribution in [3.63, 3.8) is 0 Å². The van der Waals surface area contributed by atoms with E-state index in [1.54, 1.807) is 14.0 Å². The summed E-state index contributed by atoms with van der Waals surface area (Å²) in [7, 11) is 2.37. The van der Waals surface area contributed by atoms with Gasteiger partial charge in [-0.05, 0) is 37.3 Å². The Labute approximate surface area is 216 Å². The number of nitrogens with one attached hydrogen (secondary N) is 1. The van der Waals surface area contributed by atoms with E-state index in [-0.39, 0.29) is 41.6 Å². The van der Waals surface area contributed by atoms with Gasteiger partial charge in [-0.25, -0.2) is 13.8 Å². The smallest absolute Gasteiger partial charge is 0.359 e. The molecule has 1 unspecified atom stereocenters. The molecule has 196 valence electrons. The number of hydrogen-bond acceptors (Lipinski definition) is 6. The number of rotatable bonds is 8. The molecule has 1 amide bonds. The summed E-state index contributed by atoms with van der Waals surface area (Å²) in [6.45, 7) is 1.60. The van der Waals surface area contributed by atoms with E-state index in [0.717, 1.165) is 55.5 Å². The summed E-state index contributed by atoms with van der Waals surface area (Å²) in [4.78, 5) is 49.5. The molecular weight excluding hydrogens is 546 g/mol. The largest absolute Gasteiger partial charge is 0.431 e. The molecule has 0 bridgehead atoms. The zero-order chi connectivity index (χ0) is 27.0. The van der Waals surface area contributed by atoms with Gasteiger partial charge in [-0.3, -0.25) is 19.0 Å². The maximum absolute atomic E-state index is 14.7. The zero-order valence-corrected chi connectivity index (χ0v) is 21.8. The third-order valence-corrected chi connectivity index (χ3v) is 8.91. The van der Waals surface area contributed by atoms with Crippen LogP contribution in [0.4, 0.5) is 17.6 Å². The van der Waals surface area contributed by atoms with Crippen LogP contribution in [0.3, 0.4) is 0 Å². The van der Waals surface area contributed by atoms with Crippen LogP contribution in [0.15, 0.2) is 32.7 Å². The maximum Gasteiger partial charge on any atom is 0.431 e. The predicted octanol–water partition coefficient (Wildman–Crippen LogP) is 4.00. The highest BCUT2D eigenvalue weighted by Crippen LogP contribution is 2.51. The van der Waals surface area contributed by atoms with Gasteiger partial charge in [0.15, 0.2) is 0 Å². The summed E-state index contributed by atoms with van der Waals surface area (Å²) in [6, 6.07) is 2.09. The second kappa shape index (κ2) is 10.6. The molecule has 1 fully saturated rings. The highest BCUT2D eigenvalue weighted by atomic mass is 35.5. The summed E-state index contributed by atoms with van der Waals surface area (Å²) in [5.41, 5.74) is -5.03. The number of alkyl halides is 3. The lowest BCUT2D eigenvalue weighted by molar-refractivity contribution is -0.144. The number of benzene rings is 1. The maximum atomic E-state index is 14.7. The van der Waals surface area contributed by atoms with Crippen molar-refractivity contribution in [2.24, 2.45) is 12.5 Å². The lowest BCUT2D eigenvalue weighted by Gasteiger charge is -2.17.